The summed E-state index contributed by atoms with van der Waals surface area (Å²) in [6, 6.07) is 0. The average Bonchev–Trinajstić information content (AvgIpc) is 2.62. The smallest absolute Gasteiger partial charge is 0.129 e. The number of fused-ring (bicyclic) bond motifs is 2. The molecule has 3 unspecified atom stereocenters. The molecule has 11 heavy (non-hydrogen) atoms. The maximum Gasteiger partial charge on any atom is 0.129 e. The van der Waals surface area contributed by atoms with Crippen molar-refractivity contribution >= 4 is 6.29 Å². The van der Waals surface area contributed by atoms with E-state index in [0.717, 1.165) is 19.1 Å². The van der Waals surface area contributed by atoms with Gasteiger partial charge in [0.05, 0.1) is 12.0 Å². The van der Waals surface area contributed by atoms with Crippen molar-refractivity contribution in [2.75, 3.05) is 6.61 Å². The van der Waals surface area contributed by atoms with Gasteiger partial charge in [-0.1, -0.05) is 12.2 Å². The molecule has 0 heterocycles. The Hall–Kier alpha value is -0.630. The Morgan fingerprint density at radius 2 is 2.45 bits per heavy atom. The topological polar surface area (TPSA) is 37.3 Å². The summed E-state index contributed by atoms with van der Waals surface area (Å²) in [4.78, 5) is 10.8. The molecule has 0 aromatic carbocycles. The molecule has 2 bridgehead atoms. The third-order valence-electron chi connectivity index (χ3n) is 3.08. The number of carbonyl (C=O) groups excluding carboxylic acids is 1. The van der Waals surface area contributed by atoms with Crippen LogP contribution in [0, 0.1) is 17.3 Å². The first-order valence-electron chi connectivity index (χ1n) is 4.06. The van der Waals surface area contributed by atoms with Crippen molar-refractivity contribution < 1.29 is 9.90 Å². The van der Waals surface area contributed by atoms with Gasteiger partial charge < -0.3 is 9.90 Å². The van der Waals surface area contributed by atoms with Gasteiger partial charge in [0.2, 0.25) is 0 Å². The Kier molecular flexibility index (Phi) is 1.39. The normalized spacial score (nSPS) is 46.6. The van der Waals surface area contributed by atoms with Gasteiger partial charge in [-0.05, 0) is 24.7 Å². The number of carbonyl (C=O) groups is 1. The molecule has 1 fully saturated rings. The number of rotatable bonds is 2. The highest BCUT2D eigenvalue weighted by Crippen LogP contribution is 2.50. The highest BCUT2D eigenvalue weighted by molar-refractivity contribution is 5.62. The van der Waals surface area contributed by atoms with Crippen LogP contribution in [-0.2, 0) is 4.79 Å². The van der Waals surface area contributed by atoms with Crippen molar-refractivity contribution in [1.82, 2.24) is 0 Å². The van der Waals surface area contributed by atoms with Crippen LogP contribution in [0.5, 0.6) is 0 Å². The number of allylic oxidation sites excluding steroid dienone is 2. The average molecular weight is 152 g/mol. The fraction of sp³-hybridized carbons (Fsp3) is 0.667. The Bertz CT molecular complexity index is 210. The first-order chi connectivity index (χ1) is 5.30. The lowest BCUT2D eigenvalue weighted by molar-refractivity contribution is -0.119. The van der Waals surface area contributed by atoms with E-state index in [2.05, 4.69) is 12.2 Å². The molecule has 2 rings (SSSR count). The third kappa shape index (κ3) is 0.791. The van der Waals surface area contributed by atoms with Crippen LogP contribution in [0.4, 0.5) is 0 Å². The Morgan fingerprint density at radius 3 is 2.73 bits per heavy atom. The predicted molar refractivity (Wildman–Crippen MR) is 40.9 cm³/mol. The molecule has 2 aliphatic rings. The maximum atomic E-state index is 10.8. The van der Waals surface area contributed by atoms with Crippen molar-refractivity contribution in [3.63, 3.8) is 0 Å². The van der Waals surface area contributed by atoms with E-state index < -0.39 is 5.41 Å². The van der Waals surface area contributed by atoms with Gasteiger partial charge in [0.15, 0.2) is 0 Å². The molecular formula is C9H12O2. The number of aliphatic hydroxyl groups is 1. The number of aliphatic hydroxyl groups excluding tert-OH is 1. The fourth-order valence-electron chi connectivity index (χ4n) is 2.35. The lowest BCUT2D eigenvalue weighted by Crippen LogP contribution is -2.31. The van der Waals surface area contributed by atoms with E-state index in [1.54, 1.807) is 0 Å². The minimum atomic E-state index is -0.417. The van der Waals surface area contributed by atoms with Gasteiger partial charge in [-0.25, -0.2) is 0 Å². The van der Waals surface area contributed by atoms with Gasteiger partial charge in [0.1, 0.15) is 6.29 Å². The van der Waals surface area contributed by atoms with Gasteiger partial charge >= 0.3 is 0 Å². The lowest BCUT2D eigenvalue weighted by Gasteiger charge is -2.26. The molecule has 0 aromatic heterocycles. The summed E-state index contributed by atoms with van der Waals surface area (Å²) in [5.41, 5.74) is -0.417. The quantitative estimate of drug-likeness (QED) is 0.468. The molecule has 2 nitrogen and oxygen atoms in total. The van der Waals surface area contributed by atoms with E-state index >= 15 is 0 Å². The second-order valence-corrected chi connectivity index (χ2v) is 3.70. The minimum Gasteiger partial charge on any atom is -0.395 e. The molecule has 60 valence electrons. The number of aldehydes is 1. The van der Waals surface area contributed by atoms with Crippen molar-refractivity contribution in [2.45, 2.75) is 12.8 Å². The molecule has 0 saturated heterocycles. The number of hydrogen-bond donors (Lipinski definition) is 1. The summed E-state index contributed by atoms with van der Waals surface area (Å²) in [7, 11) is 0. The maximum absolute atomic E-state index is 10.8. The predicted octanol–water partition coefficient (Wildman–Crippen LogP) is 0.760. The molecule has 0 amide bonds. The second-order valence-electron chi connectivity index (χ2n) is 3.70. The molecule has 0 aliphatic heterocycles. The molecule has 3 atom stereocenters. The summed E-state index contributed by atoms with van der Waals surface area (Å²) < 4.78 is 0. The van der Waals surface area contributed by atoms with Crippen LogP contribution in [0.25, 0.3) is 0 Å². The van der Waals surface area contributed by atoms with E-state index in [9.17, 15) is 4.79 Å². The Morgan fingerprint density at radius 1 is 1.64 bits per heavy atom. The molecule has 2 aliphatic carbocycles. The third-order valence-corrected chi connectivity index (χ3v) is 3.08. The van der Waals surface area contributed by atoms with Crippen LogP contribution >= 0.6 is 0 Å². The van der Waals surface area contributed by atoms with Crippen LogP contribution < -0.4 is 0 Å². The molecule has 0 spiro atoms. The molecule has 0 radical (unpaired) electrons. The summed E-state index contributed by atoms with van der Waals surface area (Å²) in [6.07, 6.45) is 7.12. The fourth-order valence-corrected chi connectivity index (χ4v) is 2.35. The first-order valence-corrected chi connectivity index (χ1v) is 4.06. The van der Waals surface area contributed by atoms with Crippen LogP contribution in [0.3, 0.4) is 0 Å². The summed E-state index contributed by atoms with van der Waals surface area (Å²) in [5.74, 6) is 0.868. The molecule has 1 N–H and O–H groups in total. The van der Waals surface area contributed by atoms with Crippen LogP contribution in [0.15, 0.2) is 12.2 Å². The van der Waals surface area contributed by atoms with E-state index in [4.69, 9.17) is 5.11 Å². The molecular weight excluding hydrogens is 140 g/mol. The highest BCUT2D eigenvalue weighted by atomic mass is 16.3. The highest BCUT2D eigenvalue weighted by Gasteiger charge is 2.47. The van der Waals surface area contributed by atoms with Crippen molar-refractivity contribution in [2.24, 2.45) is 17.3 Å². The van der Waals surface area contributed by atoms with Crippen LogP contribution in [-0.4, -0.2) is 18.0 Å². The first kappa shape index (κ1) is 7.04. The standard InChI is InChI=1S/C9H12O2/c10-5-9(6-11)4-7-1-2-8(9)3-7/h1-2,5,7-8,11H,3-4,6H2. The van der Waals surface area contributed by atoms with Crippen LogP contribution in [0.1, 0.15) is 12.8 Å². The van der Waals surface area contributed by atoms with E-state index in [1.807, 2.05) is 0 Å². The van der Waals surface area contributed by atoms with E-state index in [0.29, 0.717) is 11.8 Å². The zero-order valence-corrected chi connectivity index (χ0v) is 6.36. The summed E-state index contributed by atoms with van der Waals surface area (Å²) >= 11 is 0. The van der Waals surface area contributed by atoms with Gasteiger partial charge in [-0.3, -0.25) is 0 Å². The molecule has 2 heteroatoms. The SMILES string of the molecule is O=CC1(CO)CC2C=CC1C2. The Labute approximate surface area is 65.9 Å². The summed E-state index contributed by atoms with van der Waals surface area (Å²) in [6.45, 7) is 0.0159. The van der Waals surface area contributed by atoms with Crippen molar-refractivity contribution in [3.8, 4) is 0 Å². The van der Waals surface area contributed by atoms with Gasteiger partial charge in [0, 0.05) is 0 Å². The van der Waals surface area contributed by atoms with E-state index in [-0.39, 0.29) is 6.61 Å². The zero-order valence-electron chi connectivity index (χ0n) is 6.36. The molecule has 0 aromatic rings. The minimum absolute atomic E-state index is 0.0159. The van der Waals surface area contributed by atoms with E-state index in [1.165, 1.54) is 0 Å². The van der Waals surface area contributed by atoms with Gasteiger partial charge in [0.25, 0.3) is 0 Å². The largest absolute Gasteiger partial charge is 0.395 e. The summed E-state index contributed by atoms with van der Waals surface area (Å²) in [5, 5.41) is 9.07. The van der Waals surface area contributed by atoms with Crippen molar-refractivity contribution in [1.29, 1.82) is 0 Å². The number of hydrogen-bond acceptors (Lipinski definition) is 2. The monoisotopic (exact) mass is 152 g/mol. The van der Waals surface area contributed by atoms with Gasteiger partial charge in [-0.2, -0.15) is 0 Å². The van der Waals surface area contributed by atoms with Crippen molar-refractivity contribution in [3.05, 3.63) is 12.2 Å². The van der Waals surface area contributed by atoms with Gasteiger partial charge in [-0.15, -0.1) is 0 Å². The molecule has 1 saturated carbocycles. The second kappa shape index (κ2) is 2.18. The Balaban J connectivity index is 2.28. The zero-order chi connectivity index (χ0) is 7.90. The lowest BCUT2D eigenvalue weighted by atomic mass is 9.78. The van der Waals surface area contributed by atoms with Crippen LogP contribution in [0.2, 0.25) is 0 Å².